The van der Waals surface area contributed by atoms with E-state index < -0.39 is 5.83 Å². The molecule has 0 aliphatic rings. The summed E-state index contributed by atoms with van der Waals surface area (Å²) in [6, 6.07) is 14.6. The van der Waals surface area contributed by atoms with E-state index in [9.17, 15) is 0 Å². The summed E-state index contributed by atoms with van der Waals surface area (Å²) >= 11 is 5.79. The van der Waals surface area contributed by atoms with E-state index >= 15 is 0 Å². The van der Waals surface area contributed by atoms with Crippen LogP contribution in [0.15, 0.2) is 48.5 Å². The molecule has 3 nitrogen and oxygen atoms in total. The Bertz CT molecular complexity index is 600. The SMILES string of the molecule is [2H]C([2H])(Cl)c1cc(OCc2ccccc2)ccc1OCOC. The molecule has 0 atom stereocenters. The standard InChI is InChI=1S/C16H17ClO3/c1-18-12-20-16-8-7-15(9-14(16)10-17)19-11-13-5-3-2-4-6-13/h2-9H,10-12H2,1H3/i10D2. The Morgan fingerprint density at radius 1 is 1.10 bits per heavy atom. The maximum atomic E-state index is 7.70. The molecule has 0 bridgehead atoms. The zero-order chi connectivity index (χ0) is 16.0. The van der Waals surface area contributed by atoms with Gasteiger partial charge in [-0.15, -0.1) is 11.6 Å². The van der Waals surface area contributed by atoms with Crippen LogP contribution in [-0.4, -0.2) is 13.9 Å². The van der Waals surface area contributed by atoms with Gasteiger partial charge in [-0.05, 0) is 23.8 Å². The highest BCUT2D eigenvalue weighted by molar-refractivity contribution is 6.17. The minimum absolute atomic E-state index is 0.0180. The fourth-order valence-corrected chi connectivity index (χ4v) is 1.81. The Kier molecular flexibility index (Phi) is 4.69. The summed E-state index contributed by atoms with van der Waals surface area (Å²) in [5.41, 5.74) is 1.23. The van der Waals surface area contributed by atoms with E-state index in [0.29, 0.717) is 18.1 Å². The van der Waals surface area contributed by atoms with Gasteiger partial charge in [0.1, 0.15) is 18.1 Å². The lowest BCUT2D eigenvalue weighted by Crippen LogP contribution is -2.02. The third-order valence-corrected chi connectivity index (χ3v) is 2.84. The lowest BCUT2D eigenvalue weighted by Gasteiger charge is -2.12. The molecule has 0 aliphatic heterocycles. The minimum Gasteiger partial charge on any atom is -0.489 e. The second-order valence-corrected chi connectivity index (χ2v) is 4.27. The van der Waals surface area contributed by atoms with Crippen molar-refractivity contribution in [3.8, 4) is 11.5 Å². The summed E-state index contributed by atoms with van der Waals surface area (Å²) in [6.45, 7) is 0.411. The molecule has 20 heavy (non-hydrogen) atoms. The number of benzene rings is 2. The van der Waals surface area contributed by atoms with E-state index in [4.69, 9.17) is 28.6 Å². The summed E-state index contributed by atoms with van der Waals surface area (Å²) < 4.78 is 31.2. The van der Waals surface area contributed by atoms with Crippen LogP contribution in [0.25, 0.3) is 0 Å². The van der Waals surface area contributed by atoms with Gasteiger partial charge in [-0.25, -0.2) is 0 Å². The monoisotopic (exact) mass is 294 g/mol. The smallest absolute Gasteiger partial charge is 0.188 e. The number of halogens is 1. The number of methoxy groups -OCH3 is 1. The van der Waals surface area contributed by atoms with E-state index in [2.05, 4.69) is 0 Å². The first kappa shape index (κ1) is 12.1. The van der Waals surface area contributed by atoms with Crippen LogP contribution in [0.3, 0.4) is 0 Å². The summed E-state index contributed by atoms with van der Waals surface area (Å²) in [4.78, 5) is 0. The summed E-state index contributed by atoms with van der Waals surface area (Å²) in [5.74, 6) is -1.21. The molecule has 0 unspecified atom stereocenters. The Balaban J connectivity index is 2.15. The number of hydrogen-bond acceptors (Lipinski definition) is 3. The van der Waals surface area contributed by atoms with Crippen LogP contribution in [0.5, 0.6) is 11.5 Å². The molecule has 0 aromatic heterocycles. The number of ether oxygens (including phenoxy) is 3. The van der Waals surface area contributed by atoms with Crippen LogP contribution in [0.4, 0.5) is 0 Å². The molecule has 0 heterocycles. The first-order valence-corrected chi connectivity index (χ1v) is 6.50. The van der Waals surface area contributed by atoms with Crippen LogP contribution in [-0.2, 0) is 17.2 Å². The van der Waals surface area contributed by atoms with Gasteiger partial charge < -0.3 is 14.2 Å². The highest BCUT2D eigenvalue weighted by Crippen LogP contribution is 2.26. The topological polar surface area (TPSA) is 27.7 Å². The lowest BCUT2D eigenvalue weighted by molar-refractivity contribution is 0.0505. The van der Waals surface area contributed by atoms with Gasteiger partial charge in [0.05, 0.1) is 5.83 Å². The molecule has 106 valence electrons. The van der Waals surface area contributed by atoms with Gasteiger partial charge in [0.15, 0.2) is 6.79 Å². The van der Waals surface area contributed by atoms with Crippen molar-refractivity contribution in [1.82, 2.24) is 0 Å². The molecular weight excluding hydrogens is 276 g/mol. The summed E-state index contributed by atoms with van der Waals surface area (Å²) in [6.07, 6.45) is 0. The number of rotatable bonds is 7. The molecule has 4 heteroatoms. The van der Waals surface area contributed by atoms with Gasteiger partial charge in [-0.3, -0.25) is 0 Å². The molecule has 0 spiro atoms. The quantitative estimate of drug-likeness (QED) is 0.571. The van der Waals surface area contributed by atoms with Gasteiger partial charge in [0, 0.05) is 15.4 Å². The molecule has 0 amide bonds. The van der Waals surface area contributed by atoms with Crippen LogP contribution in [0, 0.1) is 0 Å². The predicted octanol–water partition coefficient (Wildman–Crippen LogP) is 3.99. The van der Waals surface area contributed by atoms with Crippen molar-refractivity contribution in [2.24, 2.45) is 0 Å². The van der Waals surface area contributed by atoms with Gasteiger partial charge in [-0.1, -0.05) is 30.3 Å². The van der Waals surface area contributed by atoms with E-state index in [1.807, 2.05) is 30.3 Å². The molecule has 0 N–H and O–H groups in total. The van der Waals surface area contributed by atoms with Crippen molar-refractivity contribution in [2.75, 3.05) is 13.9 Å². The van der Waals surface area contributed by atoms with E-state index in [-0.39, 0.29) is 12.4 Å². The number of hydrogen-bond donors (Lipinski definition) is 0. The van der Waals surface area contributed by atoms with Gasteiger partial charge in [0.2, 0.25) is 0 Å². The summed E-state index contributed by atoms with van der Waals surface area (Å²) in [5, 5.41) is 0. The zero-order valence-electron chi connectivity index (χ0n) is 13.1. The van der Waals surface area contributed by atoms with Crippen molar-refractivity contribution < 1.29 is 17.0 Å². The Hall–Kier alpha value is -1.71. The van der Waals surface area contributed by atoms with Gasteiger partial charge >= 0.3 is 0 Å². The molecule has 0 saturated carbocycles. The first-order chi connectivity index (χ1) is 10.5. The molecule has 2 aromatic rings. The van der Waals surface area contributed by atoms with Crippen LogP contribution < -0.4 is 9.47 Å². The Morgan fingerprint density at radius 3 is 2.60 bits per heavy atom. The molecular formula is C16H17ClO3. The fraction of sp³-hybridized carbons (Fsp3) is 0.250. The predicted molar refractivity (Wildman–Crippen MR) is 79.3 cm³/mol. The van der Waals surface area contributed by atoms with Crippen molar-refractivity contribution in [3.05, 3.63) is 59.7 Å². The highest BCUT2D eigenvalue weighted by Gasteiger charge is 2.05. The molecule has 0 aliphatic carbocycles. The van der Waals surface area contributed by atoms with E-state index in [1.54, 1.807) is 18.2 Å². The van der Waals surface area contributed by atoms with Gasteiger partial charge in [0.25, 0.3) is 0 Å². The largest absolute Gasteiger partial charge is 0.489 e. The third-order valence-electron chi connectivity index (χ3n) is 2.63. The maximum Gasteiger partial charge on any atom is 0.188 e. The molecule has 2 rings (SSSR count). The highest BCUT2D eigenvalue weighted by atomic mass is 35.5. The minimum atomic E-state index is -2.06. The van der Waals surface area contributed by atoms with Crippen LogP contribution in [0.2, 0.25) is 0 Å². The summed E-state index contributed by atoms with van der Waals surface area (Å²) in [7, 11) is 1.49. The Labute approximate surface area is 126 Å². The van der Waals surface area contributed by atoms with Crippen molar-refractivity contribution >= 4 is 11.6 Å². The average Bonchev–Trinajstić information content (AvgIpc) is 2.51. The van der Waals surface area contributed by atoms with Crippen LogP contribution >= 0.6 is 11.6 Å². The number of alkyl halides is 1. The normalized spacial score (nSPS) is 12.5. The molecule has 2 aromatic carbocycles. The fourth-order valence-electron chi connectivity index (χ4n) is 1.66. The average molecular weight is 295 g/mol. The molecule has 0 saturated heterocycles. The molecule has 0 radical (unpaired) electrons. The van der Waals surface area contributed by atoms with Crippen molar-refractivity contribution in [2.45, 2.75) is 12.4 Å². The van der Waals surface area contributed by atoms with Crippen molar-refractivity contribution in [1.29, 1.82) is 0 Å². The first-order valence-electron chi connectivity index (χ1n) is 7.12. The van der Waals surface area contributed by atoms with E-state index in [0.717, 1.165) is 5.56 Å². The third kappa shape index (κ3) is 4.15. The maximum absolute atomic E-state index is 7.70. The Morgan fingerprint density at radius 2 is 1.90 bits per heavy atom. The lowest BCUT2D eigenvalue weighted by atomic mass is 10.2. The molecule has 0 fully saturated rings. The second kappa shape index (κ2) is 7.78. The van der Waals surface area contributed by atoms with Crippen molar-refractivity contribution in [3.63, 3.8) is 0 Å². The van der Waals surface area contributed by atoms with Gasteiger partial charge in [-0.2, -0.15) is 0 Å². The second-order valence-electron chi connectivity index (χ2n) is 4.08. The van der Waals surface area contributed by atoms with Crippen LogP contribution in [0.1, 0.15) is 13.9 Å². The zero-order valence-corrected chi connectivity index (χ0v) is 11.9. The van der Waals surface area contributed by atoms with E-state index in [1.165, 1.54) is 7.11 Å².